The van der Waals surface area contributed by atoms with Crippen LogP contribution >= 0.6 is 15.9 Å². The maximum atomic E-state index is 13.0. The number of hydrogen-bond donors (Lipinski definition) is 1. The van der Waals surface area contributed by atoms with Crippen molar-refractivity contribution in [2.75, 3.05) is 0 Å². The van der Waals surface area contributed by atoms with E-state index in [9.17, 15) is 13.2 Å². The summed E-state index contributed by atoms with van der Waals surface area (Å²) in [6.07, 6.45) is -2.93. The molecule has 0 aliphatic rings. The summed E-state index contributed by atoms with van der Waals surface area (Å²) in [7, 11) is 0. The van der Waals surface area contributed by atoms with Crippen LogP contribution in [-0.2, 0) is 0 Å². The molecule has 0 bridgehead atoms. The molecule has 1 aromatic carbocycles. The lowest BCUT2D eigenvalue weighted by Gasteiger charge is -2.11. The second-order valence-electron chi connectivity index (χ2n) is 2.91. The Labute approximate surface area is 88.2 Å². The zero-order chi connectivity index (χ0) is 10.7. The van der Waals surface area contributed by atoms with E-state index in [1.165, 1.54) is 12.1 Å². The predicted molar refractivity (Wildman–Crippen MR) is 51.6 cm³/mol. The van der Waals surface area contributed by atoms with E-state index in [0.29, 0.717) is 10.0 Å². The summed E-state index contributed by atoms with van der Waals surface area (Å²) < 4.78 is 37.2. The molecule has 0 radical (unpaired) electrons. The van der Waals surface area contributed by atoms with Crippen molar-refractivity contribution in [3.8, 4) is 0 Å². The highest BCUT2D eigenvalue weighted by Gasteiger charge is 2.13. The Morgan fingerprint density at radius 1 is 1.36 bits per heavy atom. The van der Waals surface area contributed by atoms with E-state index in [2.05, 4.69) is 15.9 Å². The molecule has 0 saturated heterocycles. The van der Waals surface area contributed by atoms with Gasteiger partial charge < -0.3 is 5.73 Å². The van der Waals surface area contributed by atoms with E-state index in [1.54, 1.807) is 0 Å². The molecule has 0 heterocycles. The van der Waals surface area contributed by atoms with Crippen molar-refractivity contribution < 1.29 is 13.2 Å². The smallest absolute Gasteiger partial charge is 0.240 e. The van der Waals surface area contributed by atoms with Gasteiger partial charge in [0.2, 0.25) is 6.43 Å². The molecule has 1 rings (SSSR count). The monoisotopic (exact) mass is 267 g/mol. The minimum atomic E-state index is -2.48. The second-order valence-corrected chi connectivity index (χ2v) is 3.76. The van der Waals surface area contributed by atoms with Gasteiger partial charge >= 0.3 is 0 Å². The van der Waals surface area contributed by atoms with Gasteiger partial charge in [-0.15, -0.1) is 0 Å². The molecule has 0 saturated carbocycles. The first-order valence-corrected chi connectivity index (χ1v) is 4.78. The zero-order valence-corrected chi connectivity index (χ0v) is 8.77. The van der Waals surface area contributed by atoms with Gasteiger partial charge in [-0.3, -0.25) is 0 Å². The third kappa shape index (κ3) is 2.99. The van der Waals surface area contributed by atoms with Gasteiger partial charge in [0.25, 0.3) is 0 Å². The van der Waals surface area contributed by atoms with E-state index in [-0.39, 0.29) is 0 Å². The second kappa shape index (κ2) is 4.79. The first-order valence-electron chi connectivity index (χ1n) is 3.99. The molecule has 0 aromatic heterocycles. The summed E-state index contributed by atoms with van der Waals surface area (Å²) >= 11 is 2.97. The molecular weight excluding hydrogens is 259 g/mol. The molecule has 0 unspecified atom stereocenters. The molecule has 0 spiro atoms. The van der Waals surface area contributed by atoms with Crippen molar-refractivity contribution in [3.05, 3.63) is 34.1 Å². The average molecular weight is 268 g/mol. The first-order chi connectivity index (χ1) is 6.50. The lowest BCUT2D eigenvalue weighted by molar-refractivity contribution is 0.128. The van der Waals surface area contributed by atoms with Crippen LogP contribution in [0.15, 0.2) is 22.7 Å². The van der Waals surface area contributed by atoms with Crippen LogP contribution in [0.2, 0.25) is 0 Å². The van der Waals surface area contributed by atoms with Gasteiger partial charge in [0.15, 0.2) is 0 Å². The molecule has 1 aromatic rings. The summed E-state index contributed by atoms with van der Waals surface area (Å²) in [5.74, 6) is -0.493. The Balaban J connectivity index is 2.80. The van der Waals surface area contributed by atoms with Gasteiger partial charge in [-0.2, -0.15) is 0 Å². The molecule has 1 atom stereocenters. The van der Waals surface area contributed by atoms with Crippen LogP contribution in [-0.4, -0.2) is 6.43 Å². The van der Waals surface area contributed by atoms with Gasteiger partial charge in [0, 0.05) is 12.5 Å². The topological polar surface area (TPSA) is 26.0 Å². The van der Waals surface area contributed by atoms with Crippen LogP contribution in [0, 0.1) is 5.82 Å². The number of rotatable bonds is 3. The largest absolute Gasteiger partial charge is 0.324 e. The zero-order valence-electron chi connectivity index (χ0n) is 7.18. The van der Waals surface area contributed by atoms with E-state index in [0.717, 1.165) is 6.07 Å². The first kappa shape index (κ1) is 11.5. The highest BCUT2D eigenvalue weighted by atomic mass is 79.9. The van der Waals surface area contributed by atoms with E-state index >= 15 is 0 Å². The van der Waals surface area contributed by atoms with Gasteiger partial charge in [-0.25, -0.2) is 13.2 Å². The van der Waals surface area contributed by atoms with E-state index in [1.807, 2.05) is 0 Å². The van der Waals surface area contributed by atoms with Crippen LogP contribution in [0.4, 0.5) is 13.2 Å². The fourth-order valence-corrected chi connectivity index (χ4v) is 1.32. The van der Waals surface area contributed by atoms with Crippen LogP contribution in [0.25, 0.3) is 0 Å². The van der Waals surface area contributed by atoms with Gasteiger partial charge in [-0.1, -0.05) is 6.07 Å². The van der Waals surface area contributed by atoms with Crippen LogP contribution in [0.5, 0.6) is 0 Å². The Bertz CT molecular complexity index is 317. The van der Waals surface area contributed by atoms with Crippen molar-refractivity contribution in [3.63, 3.8) is 0 Å². The molecule has 0 aliphatic carbocycles. The van der Waals surface area contributed by atoms with Crippen molar-refractivity contribution in [2.45, 2.75) is 18.9 Å². The number of hydrogen-bond acceptors (Lipinski definition) is 1. The normalized spacial score (nSPS) is 13.3. The molecule has 78 valence electrons. The molecule has 2 N–H and O–H groups in total. The third-order valence-corrected chi connectivity index (χ3v) is 2.45. The lowest BCUT2D eigenvalue weighted by Crippen LogP contribution is -2.14. The molecule has 5 heteroatoms. The SMILES string of the molecule is N[C@@H](CC(F)F)c1ccc(Br)c(F)c1. The Morgan fingerprint density at radius 3 is 2.50 bits per heavy atom. The number of nitrogens with two attached hydrogens (primary N) is 1. The number of alkyl halides is 2. The Kier molecular flexibility index (Phi) is 3.95. The number of halogens is 4. The van der Waals surface area contributed by atoms with Crippen LogP contribution in [0.1, 0.15) is 18.0 Å². The molecule has 0 amide bonds. The highest BCUT2D eigenvalue weighted by Crippen LogP contribution is 2.22. The maximum absolute atomic E-state index is 13.0. The number of benzene rings is 1. The third-order valence-electron chi connectivity index (χ3n) is 1.80. The van der Waals surface area contributed by atoms with E-state index in [4.69, 9.17) is 5.73 Å². The lowest BCUT2D eigenvalue weighted by atomic mass is 10.1. The predicted octanol–water partition coefficient (Wildman–Crippen LogP) is 3.24. The van der Waals surface area contributed by atoms with Gasteiger partial charge in [0.05, 0.1) is 4.47 Å². The Morgan fingerprint density at radius 2 is 2.00 bits per heavy atom. The van der Waals surface area contributed by atoms with Gasteiger partial charge in [-0.05, 0) is 33.6 Å². The molecule has 0 fully saturated rings. The molecular formula is C9H9BrF3N. The summed E-state index contributed by atoms with van der Waals surface area (Å²) in [4.78, 5) is 0. The summed E-state index contributed by atoms with van der Waals surface area (Å²) in [6, 6.07) is 3.32. The molecule has 14 heavy (non-hydrogen) atoms. The van der Waals surface area contributed by atoms with Gasteiger partial charge in [0.1, 0.15) is 5.82 Å². The maximum Gasteiger partial charge on any atom is 0.240 e. The molecule has 0 aliphatic heterocycles. The quantitative estimate of drug-likeness (QED) is 0.894. The van der Waals surface area contributed by atoms with Crippen LogP contribution < -0.4 is 5.73 Å². The van der Waals surface area contributed by atoms with Crippen molar-refractivity contribution >= 4 is 15.9 Å². The summed E-state index contributed by atoms with van der Waals surface area (Å²) in [5, 5.41) is 0. The fraction of sp³-hybridized carbons (Fsp3) is 0.333. The van der Waals surface area contributed by atoms with E-state index < -0.39 is 24.7 Å². The summed E-state index contributed by atoms with van der Waals surface area (Å²) in [6.45, 7) is 0. The molecule has 1 nitrogen and oxygen atoms in total. The van der Waals surface area contributed by atoms with Crippen molar-refractivity contribution in [1.29, 1.82) is 0 Å². The standard InChI is InChI=1S/C9H9BrF3N/c10-6-2-1-5(3-7(6)11)8(14)4-9(12)13/h1-3,8-9H,4,14H2/t8-/m0/s1. The minimum Gasteiger partial charge on any atom is -0.324 e. The fourth-order valence-electron chi connectivity index (χ4n) is 1.07. The Hall–Kier alpha value is -0.550. The van der Waals surface area contributed by atoms with Crippen molar-refractivity contribution in [2.24, 2.45) is 5.73 Å². The average Bonchev–Trinajstić information content (AvgIpc) is 2.08. The highest BCUT2D eigenvalue weighted by molar-refractivity contribution is 9.10. The van der Waals surface area contributed by atoms with Crippen LogP contribution in [0.3, 0.4) is 0 Å². The summed E-state index contributed by atoms with van der Waals surface area (Å²) in [5.41, 5.74) is 5.83. The van der Waals surface area contributed by atoms with Crippen molar-refractivity contribution in [1.82, 2.24) is 0 Å². The minimum absolute atomic E-state index is 0.297.